The van der Waals surface area contributed by atoms with Crippen LogP contribution < -0.4 is 5.32 Å². The van der Waals surface area contributed by atoms with Gasteiger partial charge >= 0.3 is 0 Å². The molecule has 1 amide bonds. The number of hydrogen-bond acceptors (Lipinski definition) is 2. The summed E-state index contributed by atoms with van der Waals surface area (Å²) in [5.41, 5.74) is 0. The van der Waals surface area contributed by atoms with Crippen LogP contribution in [0, 0.1) is 23.2 Å². The lowest BCUT2D eigenvalue weighted by Crippen LogP contribution is -2.31. The van der Waals surface area contributed by atoms with E-state index in [0.717, 1.165) is 0 Å². The topological polar surface area (TPSA) is 52.9 Å². The van der Waals surface area contributed by atoms with Crippen LogP contribution >= 0.6 is 0 Å². The van der Waals surface area contributed by atoms with Crippen LogP contribution in [0.3, 0.4) is 0 Å². The summed E-state index contributed by atoms with van der Waals surface area (Å²) in [6, 6.07) is 1.86. The molecule has 0 aliphatic carbocycles. The van der Waals surface area contributed by atoms with Crippen LogP contribution in [0.4, 0.5) is 0 Å². The molecule has 1 N–H and O–H groups in total. The summed E-state index contributed by atoms with van der Waals surface area (Å²) in [4.78, 5) is 11.1. The first-order valence-electron chi connectivity index (χ1n) is 3.74. The van der Waals surface area contributed by atoms with Crippen LogP contribution in [0.15, 0.2) is 0 Å². The molecule has 0 rings (SSSR count). The molecule has 1 atom stereocenters. The van der Waals surface area contributed by atoms with Crippen molar-refractivity contribution < 1.29 is 4.79 Å². The average Bonchev–Trinajstić information content (AvgIpc) is 1.98. The second-order valence-electron chi connectivity index (χ2n) is 2.91. The predicted octanol–water partition coefficient (Wildman–Crippen LogP) is 0.918. The van der Waals surface area contributed by atoms with Crippen molar-refractivity contribution in [2.24, 2.45) is 11.8 Å². The zero-order chi connectivity index (χ0) is 8.85. The van der Waals surface area contributed by atoms with E-state index in [4.69, 9.17) is 5.26 Å². The number of nitriles is 1. The molecule has 0 aliphatic rings. The molecule has 0 aromatic heterocycles. The summed E-state index contributed by atoms with van der Waals surface area (Å²) in [6.07, 6.45) is 0. The molecule has 62 valence electrons. The fraction of sp³-hybridized carbons (Fsp3) is 0.750. The Morgan fingerprint density at radius 3 is 2.45 bits per heavy atom. The maximum absolute atomic E-state index is 11.1. The summed E-state index contributed by atoms with van der Waals surface area (Å²) in [7, 11) is 0. The quantitative estimate of drug-likeness (QED) is 0.614. The number of nitrogens with zero attached hydrogens (tertiary/aromatic N) is 1. The molecule has 1 unspecified atom stereocenters. The normalized spacial score (nSPS) is 12.3. The highest BCUT2D eigenvalue weighted by Crippen LogP contribution is 2.08. The molecule has 0 saturated carbocycles. The average molecular weight is 154 g/mol. The van der Waals surface area contributed by atoms with Gasteiger partial charge in [-0.2, -0.15) is 5.26 Å². The highest BCUT2D eigenvalue weighted by Gasteiger charge is 2.15. The molecule has 3 heteroatoms. The van der Waals surface area contributed by atoms with Crippen molar-refractivity contribution in [2.75, 3.05) is 6.54 Å². The Labute approximate surface area is 67.4 Å². The zero-order valence-electron chi connectivity index (χ0n) is 7.22. The van der Waals surface area contributed by atoms with Crippen molar-refractivity contribution in [3.63, 3.8) is 0 Å². The van der Waals surface area contributed by atoms with Crippen LogP contribution in [0.5, 0.6) is 0 Å². The van der Waals surface area contributed by atoms with Gasteiger partial charge in [-0.05, 0) is 5.92 Å². The van der Waals surface area contributed by atoms with Crippen molar-refractivity contribution in [2.45, 2.75) is 20.8 Å². The number of carbonyl (C=O) groups is 1. The summed E-state index contributed by atoms with van der Waals surface area (Å²) < 4.78 is 0. The molecule has 0 saturated heterocycles. The smallest absolute Gasteiger partial charge is 0.223 e. The fourth-order valence-electron chi connectivity index (χ4n) is 0.590. The Bertz CT molecular complexity index is 169. The van der Waals surface area contributed by atoms with E-state index in [9.17, 15) is 4.79 Å². The largest absolute Gasteiger partial charge is 0.343 e. The van der Waals surface area contributed by atoms with Gasteiger partial charge in [-0.1, -0.05) is 20.8 Å². The molecular formula is C8H14N2O. The van der Waals surface area contributed by atoms with Crippen LogP contribution in [0.1, 0.15) is 20.8 Å². The molecule has 0 heterocycles. The van der Waals surface area contributed by atoms with E-state index in [1.54, 1.807) is 0 Å². The van der Waals surface area contributed by atoms with Crippen LogP contribution in [0.2, 0.25) is 0 Å². The summed E-state index contributed by atoms with van der Waals surface area (Å²) in [5, 5.41) is 10.7. The van der Waals surface area contributed by atoms with Crippen LogP contribution in [0.25, 0.3) is 0 Å². The number of hydrogen-bond donors (Lipinski definition) is 1. The van der Waals surface area contributed by atoms with E-state index in [1.165, 1.54) is 0 Å². The van der Waals surface area contributed by atoms with E-state index in [-0.39, 0.29) is 18.4 Å². The molecule has 11 heavy (non-hydrogen) atoms. The minimum Gasteiger partial charge on any atom is -0.343 e. The molecule has 0 spiro atoms. The summed E-state index contributed by atoms with van der Waals surface area (Å²) in [6.45, 7) is 5.93. The Hall–Kier alpha value is -1.04. The highest BCUT2D eigenvalue weighted by molar-refractivity contribution is 5.78. The Morgan fingerprint density at radius 1 is 1.55 bits per heavy atom. The Kier molecular flexibility index (Phi) is 4.28. The lowest BCUT2D eigenvalue weighted by atomic mass is 9.97. The van der Waals surface area contributed by atoms with Gasteiger partial charge in [0.15, 0.2) is 0 Å². The van der Waals surface area contributed by atoms with Gasteiger partial charge in [0.05, 0.1) is 6.07 Å². The van der Waals surface area contributed by atoms with E-state index >= 15 is 0 Å². The van der Waals surface area contributed by atoms with Crippen molar-refractivity contribution >= 4 is 5.91 Å². The number of rotatable bonds is 3. The van der Waals surface area contributed by atoms with Crippen LogP contribution in [-0.4, -0.2) is 12.5 Å². The third-order valence-electron chi connectivity index (χ3n) is 1.76. The molecule has 0 aromatic rings. The van der Waals surface area contributed by atoms with Gasteiger partial charge in [-0.3, -0.25) is 4.79 Å². The fourth-order valence-corrected chi connectivity index (χ4v) is 0.590. The van der Waals surface area contributed by atoms with Crippen LogP contribution in [-0.2, 0) is 4.79 Å². The highest BCUT2D eigenvalue weighted by atomic mass is 16.1. The second-order valence-corrected chi connectivity index (χ2v) is 2.91. The molecule has 0 radical (unpaired) electrons. The first-order chi connectivity index (χ1) is 5.09. The number of nitrogens with one attached hydrogen (secondary N) is 1. The maximum Gasteiger partial charge on any atom is 0.223 e. The Morgan fingerprint density at radius 2 is 2.09 bits per heavy atom. The van der Waals surface area contributed by atoms with Gasteiger partial charge < -0.3 is 5.32 Å². The third-order valence-corrected chi connectivity index (χ3v) is 1.76. The molecular weight excluding hydrogens is 140 g/mol. The number of amides is 1. The standard InChI is InChI=1S/C8H14N2O/c1-6(2)7(3)8(11)10-5-4-9/h6-7H,5H2,1-3H3,(H,10,11). The maximum atomic E-state index is 11.1. The molecule has 0 aromatic carbocycles. The third kappa shape index (κ3) is 3.61. The minimum absolute atomic E-state index is 0.0108. The van der Waals surface area contributed by atoms with Gasteiger partial charge in [-0.15, -0.1) is 0 Å². The first kappa shape index (κ1) is 9.96. The lowest BCUT2D eigenvalue weighted by Gasteiger charge is -2.13. The van der Waals surface area contributed by atoms with E-state index in [1.807, 2.05) is 26.8 Å². The molecule has 0 aliphatic heterocycles. The SMILES string of the molecule is CC(C)C(C)C(=O)NCC#N. The van der Waals surface area contributed by atoms with Gasteiger partial charge in [-0.25, -0.2) is 0 Å². The van der Waals surface area contributed by atoms with Gasteiger partial charge in [0.1, 0.15) is 6.54 Å². The summed E-state index contributed by atoms with van der Waals surface area (Å²) >= 11 is 0. The molecule has 3 nitrogen and oxygen atoms in total. The van der Waals surface area contributed by atoms with Crippen molar-refractivity contribution in [3.8, 4) is 6.07 Å². The summed E-state index contributed by atoms with van der Waals surface area (Å²) in [5.74, 6) is 0.276. The van der Waals surface area contributed by atoms with E-state index < -0.39 is 0 Å². The monoisotopic (exact) mass is 154 g/mol. The van der Waals surface area contributed by atoms with Gasteiger partial charge in [0.2, 0.25) is 5.91 Å². The Balaban J connectivity index is 3.76. The van der Waals surface area contributed by atoms with E-state index in [0.29, 0.717) is 5.92 Å². The van der Waals surface area contributed by atoms with Gasteiger partial charge in [0.25, 0.3) is 0 Å². The predicted molar refractivity (Wildman–Crippen MR) is 42.6 cm³/mol. The molecule has 0 fully saturated rings. The molecule has 0 bridgehead atoms. The lowest BCUT2D eigenvalue weighted by molar-refractivity contribution is -0.125. The van der Waals surface area contributed by atoms with Crippen molar-refractivity contribution in [1.82, 2.24) is 5.32 Å². The zero-order valence-corrected chi connectivity index (χ0v) is 7.22. The second kappa shape index (κ2) is 4.73. The number of carbonyl (C=O) groups excluding carboxylic acids is 1. The van der Waals surface area contributed by atoms with E-state index in [2.05, 4.69) is 5.32 Å². The van der Waals surface area contributed by atoms with Crippen molar-refractivity contribution in [3.05, 3.63) is 0 Å². The van der Waals surface area contributed by atoms with Gasteiger partial charge in [0, 0.05) is 5.92 Å². The minimum atomic E-state index is -0.0402. The van der Waals surface area contributed by atoms with Crippen molar-refractivity contribution in [1.29, 1.82) is 5.26 Å². The first-order valence-corrected chi connectivity index (χ1v) is 3.74.